The zero-order valence-electron chi connectivity index (χ0n) is 29.3. The van der Waals surface area contributed by atoms with Crippen LogP contribution in [0.4, 0.5) is 0 Å². The van der Waals surface area contributed by atoms with Gasteiger partial charge >= 0.3 is 11.9 Å². The summed E-state index contributed by atoms with van der Waals surface area (Å²) in [6.45, 7) is 3.71. The molecule has 0 amide bonds. The lowest BCUT2D eigenvalue weighted by atomic mass is 9.86. The Hall–Kier alpha value is -5.90. The van der Waals surface area contributed by atoms with Crippen LogP contribution in [0.2, 0.25) is 0 Å². The second-order valence-electron chi connectivity index (χ2n) is 14.0. The molecule has 6 aromatic rings. The second kappa shape index (κ2) is 12.1. The van der Waals surface area contributed by atoms with Crippen LogP contribution in [-0.4, -0.2) is 51.5 Å². The van der Waals surface area contributed by atoms with Gasteiger partial charge in [0, 0.05) is 33.0 Å². The number of carbonyl (C=O) groups is 2. The highest BCUT2D eigenvalue weighted by atomic mass is 79.9. The number of cyclic esters (lactones) is 2. The molecule has 4 aliphatic rings. The number of halogens is 1. The Morgan fingerprint density at radius 3 is 1.76 bits per heavy atom. The van der Waals surface area contributed by atoms with E-state index in [9.17, 15) is 39.6 Å². The van der Waals surface area contributed by atoms with Gasteiger partial charge in [-0.15, -0.1) is 0 Å². The maximum Gasteiger partial charge on any atom is 0.343 e. The first kappa shape index (κ1) is 34.8. The summed E-state index contributed by atoms with van der Waals surface area (Å²) in [5.41, 5.74) is 2.38. The van der Waals surface area contributed by atoms with Gasteiger partial charge in [-0.2, -0.15) is 0 Å². The van der Waals surface area contributed by atoms with Crippen molar-refractivity contribution in [2.75, 3.05) is 0 Å². The Balaban J connectivity index is 0.000000144. The summed E-state index contributed by atoms with van der Waals surface area (Å²) in [6.07, 6.45) is 0.213. The summed E-state index contributed by atoms with van der Waals surface area (Å²) in [7, 11) is 0. The minimum absolute atomic E-state index is 0.103. The van der Waals surface area contributed by atoms with Crippen molar-refractivity contribution in [3.05, 3.63) is 113 Å². The fourth-order valence-corrected chi connectivity index (χ4v) is 8.43. The van der Waals surface area contributed by atoms with E-state index in [1.54, 1.807) is 65.4 Å². The quantitative estimate of drug-likeness (QED) is 0.180. The van der Waals surface area contributed by atoms with Crippen LogP contribution in [0.5, 0.6) is 11.5 Å². The predicted octanol–water partition coefficient (Wildman–Crippen LogP) is 4.33. The third kappa shape index (κ3) is 4.92. The molecule has 0 saturated heterocycles. The molecule has 0 unspecified atom stereocenters. The summed E-state index contributed by atoms with van der Waals surface area (Å²) in [4.78, 5) is 59.8. The minimum Gasteiger partial charge on any atom is -0.508 e. The number of carbonyl (C=O) groups excluding carboxylic acids is 2. The molecular formula is C40H31BrN4O10. The zero-order valence-corrected chi connectivity index (χ0v) is 30.9. The molecule has 0 spiro atoms. The number of phenols is 2. The summed E-state index contributed by atoms with van der Waals surface area (Å²) in [5, 5.41) is 42.9. The zero-order chi connectivity index (χ0) is 38.7. The Kier molecular flexibility index (Phi) is 7.63. The summed E-state index contributed by atoms with van der Waals surface area (Å²) >= 11 is 3.38. The van der Waals surface area contributed by atoms with E-state index in [0.29, 0.717) is 73.6 Å². The monoisotopic (exact) mass is 806 g/mol. The molecule has 0 fully saturated rings. The molecule has 10 rings (SSSR count). The fraction of sp³-hybridized carbons (Fsp3) is 0.250. The molecular weight excluding hydrogens is 776 g/mol. The van der Waals surface area contributed by atoms with E-state index in [1.807, 2.05) is 12.1 Å². The number of hydrogen-bond donors (Lipinski definition) is 4. The second-order valence-corrected chi connectivity index (χ2v) is 14.8. The van der Waals surface area contributed by atoms with Crippen molar-refractivity contribution in [1.29, 1.82) is 0 Å². The van der Waals surface area contributed by atoms with E-state index in [2.05, 4.69) is 25.9 Å². The molecule has 0 bridgehead atoms. The van der Waals surface area contributed by atoms with Gasteiger partial charge in [0.1, 0.15) is 24.7 Å². The van der Waals surface area contributed by atoms with Crippen molar-refractivity contribution in [1.82, 2.24) is 19.1 Å². The number of rotatable bonds is 2. The maximum atomic E-state index is 13.1. The molecule has 2 atom stereocenters. The van der Waals surface area contributed by atoms with Gasteiger partial charge in [-0.05, 0) is 83.4 Å². The number of hydrogen-bond acceptors (Lipinski definition) is 12. The largest absolute Gasteiger partial charge is 0.508 e. The van der Waals surface area contributed by atoms with Gasteiger partial charge < -0.3 is 39.0 Å². The van der Waals surface area contributed by atoms with Gasteiger partial charge in [0.15, 0.2) is 11.2 Å². The van der Waals surface area contributed by atoms with Crippen molar-refractivity contribution in [3.8, 4) is 34.3 Å². The molecule has 4 N–H and O–H groups in total. The molecule has 0 radical (unpaired) electrons. The molecule has 4 aliphatic heterocycles. The molecule has 0 saturated carbocycles. The lowest BCUT2D eigenvalue weighted by molar-refractivity contribution is -0.172. The van der Waals surface area contributed by atoms with E-state index in [0.717, 1.165) is 21.9 Å². The van der Waals surface area contributed by atoms with Crippen LogP contribution in [0.15, 0.2) is 68.7 Å². The van der Waals surface area contributed by atoms with E-state index in [1.165, 1.54) is 0 Å². The Labute approximate surface area is 319 Å². The summed E-state index contributed by atoms with van der Waals surface area (Å²) < 4.78 is 13.8. The Bertz CT molecular complexity index is 2870. The van der Waals surface area contributed by atoms with Gasteiger partial charge in [0.25, 0.3) is 11.1 Å². The first-order valence-corrected chi connectivity index (χ1v) is 18.3. The number of nitrogens with zero attached hydrogens (tertiary/aromatic N) is 4. The van der Waals surface area contributed by atoms with Gasteiger partial charge in [-0.1, -0.05) is 13.8 Å². The van der Waals surface area contributed by atoms with Crippen molar-refractivity contribution >= 4 is 49.7 Å². The van der Waals surface area contributed by atoms with Crippen LogP contribution in [0.25, 0.3) is 44.6 Å². The van der Waals surface area contributed by atoms with E-state index < -0.39 is 23.1 Å². The topological polar surface area (TPSA) is 203 Å². The number of aromatic hydroxyl groups is 2. The minimum atomic E-state index is -1.84. The van der Waals surface area contributed by atoms with E-state index >= 15 is 0 Å². The van der Waals surface area contributed by atoms with Crippen LogP contribution in [0.1, 0.15) is 60.1 Å². The Morgan fingerprint density at radius 2 is 1.22 bits per heavy atom. The van der Waals surface area contributed by atoms with Crippen LogP contribution in [-0.2, 0) is 56.6 Å². The summed E-state index contributed by atoms with van der Waals surface area (Å²) in [6, 6.07) is 15.3. The van der Waals surface area contributed by atoms with Gasteiger partial charge in [0.2, 0.25) is 0 Å². The maximum absolute atomic E-state index is 13.1. The standard InChI is InChI=1S/C20H15BrN2O5.C20H16N2O5/c1-2-20(27)12-6-14-17-9(5-10-13(22-17)3-4-15(24)16(10)21)7-23(14)18(25)11(12)8-28-19(20)26;1-2-20(26)14-7-16-17-11(5-10-6-12(23)3-4-15(10)21-17)8-22(16)18(24)13(14)9-27-19(20)25/h3-6,24,27H,2,7-8H2,1H3;3-7,23,26H,2,8-9H2,1H3/t2*20-/m00/s1. The molecule has 0 aliphatic carbocycles. The van der Waals surface area contributed by atoms with Gasteiger partial charge in [-0.3, -0.25) is 9.59 Å². The number of aromatic nitrogens is 4. The van der Waals surface area contributed by atoms with Crippen LogP contribution in [0.3, 0.4) is 0 Å². The molecule has 55 heavy (non-hydrogen) atoms. The number of aliphatic hydroxyl groups is 2. The fourth-order valence-electron chi connectivity index (χ4n) is 7.98. The molecule has 278 valence electrons. The van der Waals surface area contributed by atoms with E-state index in [4.69, 9.17) is 9.47 Å². The van der Waals surface area contributed by atoms with Crippen molar-refractivity contribution in [2.24, 2.45) is 0 Å². The van der Waals surface area contributed by atoms with E-state index in [-0.39, 0.29) is 48.7 Å². The number of benzene rings is 2. The molecule has 15 heteroatoms. The number of ether oxygens (including phenoxy) is 2. The smallest absolute Gasteiger partial charge is 0.343 e. The molecule has 8 heterocycles. The predicted molar refractivity (Wildman–Crippen MR) is 200 cm³/mol. The number of esters is 2. The van der Waals surface area contributed by atoms with Gasteiger partial charge in [-0.25, -0.2) is 19.6 Å². The number of fused-ring (bicyclic) bond motifs is 10. The first-order chi connectivity index (χ1) is 26.3. The van der Waals surface area contributed by atoms with Crippen LogP contribution >= 0.6 is 15.9 Å². The third-order valence-electron chi connectivity index (χ3n) is 11.1. The highest BCUT2D eigenvalue weighted by Crippen LogP contribution is 2.42. The summed E-state index contributed by atoms with van der Waals surface area (Å²) in [5.74, 6) is -1.21. The van der Waals surface area contributed by atoms with Crippen LogP contribution in [0, 0.1) is 0 Å². The highest BCUT2D eigenvalue weighted by Gasteiger charge is 2.46. The third-order valence-corrected chi connectivity index (χ3v) is 11.9. The lowest BCUT2D eigenvalue weighted by Crippen LogP contribution is -2.44. The van der Waals surface area contributed by atoms with Gasteiger partial charge in [0.05, 0.1) is 62.5 Å². The average molecular weight is 808 g/mol. The van der Waals surface area contributed by atoms with Crippen LogP contribution < -0.4 is 11.1 Å². The number of pyridine rings is 4. The normalized spacial score (nSPS) is 20.0. The lowest BCUT2D eigenvalue weighted by Gasteiger charge is -2.31. The molecule has 14 nitrogen and oxygen atoms in total. The SMILES string of the molecule is CC[C@@]1(O)C(=O)OCc2c1cc1n(c2=O)Cc2cc3c(Br)c(O)ccc3nc2-1.CC[C@@]1(O)C(=O)OCc2c1cc1n(c2=O)Cc2cc3cc(O)ccc3nc2-1. The van der Waals surface area contributed by atoms with Crippen molar-refractivity contribution in [3.63, 3.8) is 0 Å². The molecule has 4 aromatic heterocycles. The Morgan fingerprint density at radius 1 is 0.709 bits per heavy atom. The van der Waals surface area contributed by atoms with Crippen molar-refractivity contribution < 1.29 is 39.5 Å². The first-order valence-electron chi connectivity index (χ1n) is 17.6. The van der Waals surface area contributed by atoms with Crippen molar-refractivity contribution in [2.45, 2.75) is 64.2 Å². The highest BCUT2D eigenvalue weighted by molar-refractivity contribution is 9.10. The molecule has 2 aromatic carbocycles. The average Bonchev–Trinajstić information content (AvgIpc) is 3.73. The number of phenolic OH excluding ortho intramolecular Hbond substituents is 2.